The molecule has 8 nitrogen and oxygen atoms in total. The fourth-order valence-corrected chi connectivity index (χ4v) is 3.28. The lowest BCUT2D eigenvalue weighted by atomic mass is 9.88. The van der Waals surface area contributed by atoms with Gasteiger partial charge in [-0.15, -0.1) is 0 Å². The molecule has 0 amide bonds. The Balaban J connectivity index is 3.13. The molecule has 26 heavy (non-hydrogen) atoms. The Bertz CT molecular complexity index is 981. The van der Waals surface area contributed by atoms with Gasteiger partial charge in [0.1, 0.15) is 0 Å². The Kier molecular flexibility index (Phi) is 5.47. The van der Waals surface area contributed by atoms with Crippen molar-refractivity contribution in [3.05, 3.63) is 55.5 Å². The lowest BCUT2D eigenvalue weighted by Gasteiger charge is -2.16. The first-order valence-corrected chi connectivity index (χ1v) is 8.25. The summed E-state index contributed by atoms with van der Waals surface area (Å²) in [5.41, 5.74) is -3.92. The van der Waals surface area contributed by atoms with Crippen LogP contribution in [0.5, 0.6) is 0 Å². The van der Waals surface area contributed by atoms with Gasteiger partial charge in [-0.3, -0.25) is 0 Å². The summed E-state index contributed by atoms with van der Waals surface area (Å²) >= 11 is 6.44. The molecule has 0 aromatic heterocycles. The number of carboxylic acids is 4. The molecule has 0 bridgehead atoms. The Morgan fingerprint density at radius 2 is 1.23 bits per heavy atom. The summed E-state index contributed by atoms with van der Waals surface area (Å²) in [6.07, 6.45) is 0. The summed E-state index contributed by atoms with van der Waals surface area (Å²) < 4.78 is 0.848. The average molecular weight is 488 g/mol. The van der Waals surface area contributed by atoms with Crippen LogP contribution in [0.15, 0.2) is 33.2 Å². The summed E-state index contributed by atoms with van der Waals surface area (Å²) in [6, 6.07) is 5.43. The molecule has 2 aromatic rings. The SMILES string of the molecule is O=C(O)c1cc(-c2cccc(Br)c2Br)c(C(=O)O)c(C(=O)O)c1C(=O)O. The highest BCUT2D eigenvalue weighted by Crippen LogP contribution is 2.38. The van der Waals surface area contributed by atoms with Gasteiger partial charge < -0.3 is 20.4 Å². The molecule has 0 atom stereocenters. The molecule has 0 aliphatic rings. The van der Waals surface area contributed by atoms with Gasteiger partial charge in [-0.1, -0.05) is 12.1 Å². The molecule has 0 aliphatic carbocycles. The molecule has 0 spiro atoms. The second-order valence-corrected chi connectivity index (χ2v) is 6.57. The number of halogens is 2. The summed E-state index contributed by atoms with van der Waals surface area (Å²) in [5, 5.41) is 37.5. The second-order valence-electron chi connectivity index (χ2n) is 4.92. The van der Waals surface area contributed by atoms with Gasteiger partial charge in [0.15, 0.2) is 0 Å². The van der Waals surface area contributed by atoms with Crippen molar-refractivity contribution in [2.24, 2.45) is 0 Å². The first-order chi connectivity index (χ1) is 12.1. The van der Waals surface area contributed by atoms with Crippen LogP contribution in [0.4, 0.5) is 0 Å². The van der Waals surface area contributed by atoms with E-state index in [1.165, 1.54) is 12.1 Å². The first kappa shape index (κ1) is 19.6. The molecule has 0 heterocycles. The fourth-order valence-electron chi connectivity index (χ4n) is 2.43. The summed E-state index contributed by atoms with van der Waals surface area (Å²) in [6.45, 7) is 0. The van der Waals surface area contributed by atoms with Crippen molar-refractivity contribution in [1.29, 1.82) is 0 Å². The van der Waals surface area contributed by atoms with Gasteiger partial charge in [0.25, 0.3) is 0 Å². The van der Waals surface area contributed by atoms with Crippen molar-refractivity contribution in [3.63, 3.8) is 0 Å². The predicted octanol–water partition coefficient (Wildman–Crippen LogP) is 3.67. The minimum absolute atomic E-state index is 0.179. The molecule has 0 radical (unpaired) electrons. The van der Waals surface area contributed by atoms with Crippen LogP contribution in [0.2, 0.25) is 0 Å². The van der Waals surface area contributed by atoms with Gasteiger partial charge >= 0.3 is 23.9 Å². The van der Waals surface area contributed by atoms with E-state index < -0.39 is 46.1 Å². The molecule has 2 rings (SSSR count). The van der Waals surface area contributed by atoms with Crippen LogP contribution in [0.1, 0.15) is 41.4 Å². The maximum Gasteiger partial charge on any atom is 0.337 e. The maximum absolute atomic E-state index is 11.7. The van der Waals surface area contributed by atoms with Crippen molar-refractivity contribution in [2.75, 3.05) is 0 Å². The fraction of sp³-hybridized carbons (Fsp3) is 0. The Labute approximate surface area is 162 Å². The predicted molar refractivity (Wildman–Crippen MR) is 95.1 cm³/mol. The molecule has 0 fully saturated rings. The van der Waals surface area contributed by atoms with Crippen molar-refractivity contribution < 1.29 is 39.6 Å². The topological polar surface area (TPSA) is 149 Å². The Morgan fingerprint density at radius 1 is 0.692 bits per heavy atom. The molecule has 0 aliphatic heterocycles. The monoisotopic (exact) mass is 486 g/mol. The number of rotatable bonds is 5. The van der Waals surface area contributed by atoms with Gasteiger partial charge in [-0.05, 0) is 55.1 Å². The minimum atomic E-state index is -1.87. The molecule has 0 unspecified atom stereocenters. The molecule has 134 valence electrons. The van der Waals surface area contributed by atoms with Crippen LogP contribution in [0.25, 0.3) is 11.1 Å². The zero-order valence-corrected chi connectivity index (χ0v) is 15.7. The van der Waals surface area contributed by atoms with E-state index in [4.69, 9.17) is 0 Å². The van der Waals surface area contributed by atoms with E-state index in [0.717, 1.165) is 6.07 Å². The molecular formula is C16H8Br2O8. The van der Waals surface area contributed by atoms with Crippen molar-refractivity contribution >= 4 is 55.7 Å². The lowest BCUT2D eigenvalue weighted by molar-refractivity contribution is 0.0620. The van der Waals surface area contributed by atoms with Gasteiger partial charge in [-0.2, -0.15) is 0 Å². The van der Waals surface area contributed by atoms with Crippen molar-refractivity contribution in [2.45, 2.75) is 0 Å². The highest BCUT2D eigenvalue weighted by Gasteiger charge is 2.33. The third kappa shape index (κ3) is 3.33. The van der Waals surface area contributed by atoms with E-state index in [-0.39, 0.29) is 11.1 Å². The quantitative estimate of drug-likeness (QED) is 0.499. The van der Waals surface area contributed by atoms with E-state index in [9.17, 15) is 39.6 Å². The first-order valence-electron chi connectivity index (χ1n) is 6.66. The lowest BCUT2D eigenvalue weighted by Crippen LogP contribution is -2.20. The summed E-state index contributed by atoms with van der Waals surface area (Å²) in [5.74, 6) is -7.13. The van der Waals surface area contributed by atoms with Crippen LogP contribution in [-0.2, 0) is 0 Å². The average Bonchev–Trinajstić information content (AvgIpc) is 2.54. The van der Waals surface area contributed by atoms with Crippen LogP contribution in [-0.4, -0.2) is 44.3 Å². The zero-order chi connectivity index (χ0) is 19.8. The standard InChI is InChI=1S/C16H8Br2O8/c17-8-3-1-2-5(12(8)18)6-4-7(13(19)20)10(15(23)24)11(16(25)26)9(6)14(21)22/h1-4H,(H,19,20)(H,21,22)(H,23,24)(H,25,26). The smallest absolute Gasteiger partial charge is 0.337 e. The maximum atomic E-state index is 11.7. The molecular weight excluding hydrogens is 480 g/mol. The van der Waals surface area contributed by atoms with E-state index in [0.29, 0.717) is 8.95 Å². The van der Waals surface area contributed by atoms with E-state index in [1.54, 1.807) is 6.07 Å². The second kappa shape index (κ2) is 7.26. The zero-order valence-electron chi connectivity index (χ0n) is 12.5. The molecule has 0 saturated carbocycles. The third-order valence-corrected chi connectivity index (χ3v) is 5.49. The molecule has 2 aromatic carbocycles. The van der Waals surface area contributed by atoms with Gasteiger partial charge in [-0.25, -0.2) is 19.2 Å². The third-order valence-electron chi connectivity index (χ3n) is 3.44. The van der Waals surface area contributed by atoms with E-state index in [2.05, 4.69) is 31.9 Å². The van der Waals surface area contributed by atoms with Crippen molar-refractivity contribution in [3.8, 4) is 11.1 Å². The van der Waals surface area contributed by atoms with Crippen LogP contribution in [0, 0.1) is 0 Å². The largest absolute Gasteiger partial charge is 0.478 e. The number of hydrogen-bond donors (Lipinski definition) is 4. The number of benzene rings is 2. The summed E-state index contributed by atoms with van der Waals surface area (Å²) in [7, 11) is 0. The highest BCUT2D eigenvalue weighted by molar-refractivity contribution is 9.13. The number of hydrogen-bond acceptors (Lipinski definition) is 4. The molecule has 0 saturated heterocycles. The Hall–Kier alpha value is -2.72. The minimum Gasteiger partial charge on any atom is -0.478 e. The van der Waals surface area contributed by atoms with E-state index in [1.807, 2.05) is 0 Å². The van der Waals surface area contributed by atoms with Gasteiger partial charge in [0.2, 0.25) is 0 Å². The molecule has 4 N–H and O–H groups in total. The van der Waals surface area contributed by atoms with Crippen LogP contribution in [0.3, 0.4) is 0 Å². The Morgan fingerprint density at radius 3 is 1.69 bits per heavy atom. The number of carbonyl (C=O) groups is 4. The van der Waals surface area contributed by atoms with Crippen molar-refractivity contribution in [1.82, 2.24) is 0 Å². The van der Waals surface area contributed by atoms with Gasteiger partial charge in [0.05, 0.1) is 22.3 Å². The number of aromatic carboxylic acids is 4. The van der Waals surface area contributed by atoms with E-state index >= 15 is 0 Å². The van der Waals surface area contributed by atoms with Gasteiger partial charge in [0, 0.05) is 8.95 Å². The molecule has 10 heteroatoms. The van der Waals surface area contributed by atoms with Crippen LogP contribution < -0.4 is 0 Å². The van der Waals surface area contributed by atoms with Crippen LogP contribution >= 0.6 is 31.9 Å². The number of carboxylic acid groups (broad SMARTS) is 4. The summed E-state index contributed by atoms with van der Waals surface area (Å²) in [4.78, 5) is 46.3. The normalized spacial score (nSPS) is 10.4. The highest BCUT2D eigenvalue weighted by atomic mass is 79.9.